The van der Waals surface area contributed by atoms with Gasteiger partial charge in [0.1, 0.15) is 0 Å². The highest BCUT2D eigenvalue weighted by Gasteiger charge is 1.84. The van der Waals surface area contributed by atoms with Crippen LogP contribution in [0.3, 0.4) is 0 Å². The van der Waals surface area contributed by atoms with Gasteiger partial charge in [0, 0.05) is 6.42 Å². The summed E-state index contributed by atoms with van der Waals surface area (Å²) in [6.45, 7) is 3.67. The lowest BCUT2D eigenvalue weighted by molar-refractivity contribution is 0.669. The summed E-state index contributed by atoms with van der Waals surface area (Å²) in [7, 11) is 0. The molecule has 0 unspecified atom stereocenters. The molecule has 0 saturated carbocycles. The molecule has 0 aromatic heterocycles. The molecule has 0 amide bonds. The van der Waals surface area contributed by atoms with Crippen LogP contribution >= 0.6 is 0 Å². The Morgan fingerprint density at radius 1 is 1.36 bits per heavy atom. The summed E-state index contributed by atoms with van der Waals surface area (Å²) >= 11 is 0. The fourth-order valence-corrected chi connectivity index (χ4v) is 0.716. The van der Waals surface area contributed by atoms with E-state index in [4.69, 9.17) is 6.42 Å². The van der Waals surface area contributed by atoms with Crippen LogP contribution in [0.2, 0.25) is 0 Å². The van der Waals surface area contributed by atoms with Crippen LogP contribution in [-0.2, 0) is 0 Å². The third-order valence-corrected chi connectivity index (χ3v) is 1.31. The van der Waals surface area contributed by atoms with Crippen molar-refractivity contribution in [2.24, 2.45) is 0 Å². The Kier molecular flexibility index (Phi) is 8.32. The summed E-state index contributed by atoms with van der Waals surface area (Å²) in [6, 6.07) is 0. The van der Waals surface area contributed by atoms with Crippen LogP contribution in [0.5, 0.6) is 0 Å². The minimum Gasteiger partial charge on any atom is -0.306 e. The zero-order chi connectivity index (χ0) is 8.36. The number of nitrogens with one attached hydrogen (secondary N) is 1. The summed E-state index contributed by atoms with van der Waals surface area (Å²) in [5.41, 5.74) is 0. The van der Waals surface area contributed by atoms with Crippen LogP contribution < -0.4 is 5.32 Å². The minimum absolute atomic E-state index is 0.798. The van der Waals surface area contributed by atoms with Gasteiger partial charge < -0.3 is 5.32 Å². The van der Waals surface area contributed by atoms with Crippen LogP contribution in [0, 0.1) is 24.2 Å². The fraction of sp³-hybridized carbons (Fsp3) is 0.600. The number of terminal acetylenes is 1. The highest BCUT2D eigenvalue weighted by molar-refractivity contribution is 4.96. The molecule has 60 valence electrons. The van der Waals surface area contributed by atoms with E-state index in [1.165, 1.54) is 0 Å². The van der Waals surface area contributed by atoms with E-state index in [0.29, 0.717) is 0 Å². The van der Waals surface area contributed by atoms with Crippen LogP contribution in [0.4, 0.5) is 0 Å². The Bertz CT molecular complexity index is 166. The van der Waals surface area contributed by atoms with Gasteiger partial charge in [0.15, 0.2) is 0 Å². The molecule has 11 heavy (non-hydrogen) atoms. The van der Waals surface area contributed by atoms with Crippen LogP contribution in [0.1, 0.15) is 26.2 Å². The molecule has 1 heteroatoms. The van der Waals surface area contributed by atoms with Crippen molar-refractivity contribution in [3.8, 4) is 24.2 Å². The van der Waals surface area contributed by atoms with E-state index >= 15 is 0 Å². The second-order valence-corrected chi connectivity index (χ2v) is 2.26. The van der Waals surface area contributed by atoms with Gasteiger partial charge in [-0.25, -0.2) is 0 Å². The van der Waals surface area contributed by atoms with Crippen LogP contribution in [0.15, 0.2) is 0 Å². The zero-order valence-corrected chi connectivity index (χ0v) is 7.11. The number of hydrogen-bond donors (Lipinski definition) is 1. The molecule has 0 aromatic carbocycles. The second-order valence-electron chi connectivity index (χ2n) is 2.26. The van der Waals surface area contributed by atoms with Gasteiger partial charge in [-0.3, -0.25) is 0 Å². The summed E-state index contributed by atoms with van der Waals surface area (Å²) in [4.78, 5) is 0. The quantitative estimate of drug-likeness (QED) is 0.460. The average molecular weight is 149 g/mol. The van der Waals surface area contributed by atoms with Gasteiger partial charge in [-0.05, 0) is 26.3 Å². The van der Waals surface area contributed by atoms with Crippen molar-refractivity contribution in [2.45, 2.75) is 26.2 Å². The molecule has 0 atom stereocenters. The summed E-state index contributed by atoms with van der Waals surface area (Å²) in [5, 5.41) is 3.20. The van der Waals surface area contributed by atoms with E-state index in [-0.39, 0.29) is 0 Å². The van der Waals surface area contributed by atoms with E-state index in [9.17, 15) is 0 Å². The Balaban J connectivity index is 2.90. The molecule has 0 rings (SSSR count). The van der Waals surface area contributed by atoms with Crippen LogP contribution in [0.25, 0.3) is 0 Å². The van der Waals surface area contributed by atoms with E-state index < -0.39 is 0 Å². The number of hydrogen-bond acceptors (Lipinski definition) is 1. The maximum Gasteiger partial charge on any atom is 0.0576 e. The van der Waals surface area contributed by atoms with Gasteiger partial charge in [0.2, 0.25) is 0 Å². The lowest BCUT2D eigenvalue weighted by Crippen LogP contribution is -2.14. The molecule has 1 N–H and O–H groups in total. The Hall–Kier alpha value is -0.920. The van der Waals surface area contributed by atoms with E-state index in [0.717, 1.165) is 32.4 Å². The van der Waals surface area contributed by atoms with Gasteiger partial charge in [0.25, 0.3) is 0 Å². The third kappa shape index (κ3) is 9.08. The first-order valence-electron chi connectivity index (χ1n) is 3.95. The van der Waals surface area contributed by atoms with Crippen molar-refractivity contribution in [3.63, 3.8) is 0 Å². The number of unbranched alkanes of at least 4 members (excludes halogenated alkanes) is 2. The third-order valence-electron chi connectivity index (χ3n) is 1.31. The largest absolute Gasteiger partial charge is 0.306 e. The van der Waals surface area contributed by atoms with Crippen molar-refractivity contribution in [1.29, 1.82) is 0 Å². The first-order chi connectivity index (χ1) is 5.41. The minimum atomic E-state index is 0.798. The molecule has 0 radical (unpaired) electrons. The topological polar surface area (TPSA) is 12.0 Å². The molecule has 0 aliphatic heterocycles. The standard InChI is InChI=1S/C10H15N/c1-3-5-7-8-10-11-9-6-4-2/h1,11H,5,7-10H2,2H3. The Labute approximate surface area is 69.6 Å². The van der Waals surface area contributed by atoms with Crippen molar-refractivity contribution in [3.05, 3.63) is 0 Å². The second kappa shape index (κ2) is 9.08. The summed E-state index contributed by atoms with van der Waals surface area (Å²) in [6.07, 6.45) is 8.25. The molecule has 0 aliphatic carbocycles. The maximum absolute atomic E-state index is 5.10. The van der Waals surface area contributed by atoms with Crippen LogP contribution in [-0.4, -0.2) is 13.1 Å². The van der Waals surface area contributed by atoms with E-state index in [1.54, 1.807) is 0 Å². The fourth-order valence-electron chi connectivity index (χ4n) is 0.716. The Morgan fingerprint density at radius 2 is 2.18 bits per heavy atom. The van der Waals surface area contributed by atoms with Crippen molar-refractivity contribution in [1.82, 2.24) is 5.32 Å². The number of rotatable bonds is 5. The molecule has 0 spiro atoms. The van der Waals surface area contributed by atoms with Gasteiger partial charge in [-0.15, -0.1) is 18.3 Å². The smallest absolute Gasteiger partial charge is 0.0576 e. The molecule has 0 aromatic rings. The molecule has 0 aliphatic rings. The maximum atomic E-state index is 5.10. The SMILES string of the molecule is C#CCCCCNCC#CC. The van der Waals surface area contributed by atoms with E-state index in [2.05, 4.69) is 23.1 Å². The summed E-state index contributed by atoms with van der Waals surface area (Å²) in [5.74, 6) is 8.38. The predicted octanol–water partition coefficient (Wildman–Crippen LogP) is 1.40. The first-order valence-corrected chi connectivity index (χ1v) is 3.95. The molecule has 0 heterocycles. The van der Waals surface area contributed by atoms with Gasteiger partial charge in [-0.2, -0.15) is 0 Å². The van der Waals surface area contributed by atoms with Gasteiger partial charge in [0.05, 0.1) is 6.54 Å². The van der Waals surface area contributed by atoms with Crippen molar-refractivity contribution < 1.29 is 0 Å². The van der Waals surface area contributed by atoms with E-state index in [1.807, 2.05) is 6.92 Å². The lowest BCUT2D eigenvalue weighted by atomic mass is 10.2. The first kappa shape index (κ1) is 10.1. The molecule has 1 nitrogen and oxygen atoms in total. The molecule has 0 fully saturated rings. The lowest BCUT2D eigenvalue weighted by Gasteiger charge is -1.97. The highest BCUT2D eigenvalue weighted by atomic mass is 14.8. The highest BCUT2D eigenvalue weighted by Crippen LogP contribution is 1.90. The summed E-state index contributed by atoms with van der Waals surface area (Å²) < 4.78 is 0. The predicted molar refractivity (Wildman–Crippen MR) is 49.0 cm³/mol. The van der Waals surface area contributed by atoms with Crippen molar-refractivity contribution >= 4 is 0 Å². The average Bonchev–Trinajstić information content (AvgIpc) is 2.03. The Morgan fingerprint density at radius 3 is 2.82 bits per heavy atom. The normalized spacial score (nSPS) is 8.00. The van der Waals surface area contributed by atoms with Crippen molar-refractivity contribution in [2.75, 3.05) is 13.1 Å². The monoisotopic (exact) mass is 149 g/mol. The zero-order valence-electron chi connectivity index (χ0n) is 7.11. The van der Waals surface area contributed by atoms with Gasteiger partial charge in [-0.1, -0.05) is 5.92 Å². The molecule has 0 saturated heterocycles. The van der Waals surface area contributed by atoms with Gasteiger partial charge >= 0.3 is 0 Å². The molecular formula is C10H15N. The molecule has 0 bridgehead atoms. The molecular weight excluding hydrogens is 134 g/mol.